The normalized spacial score (nSPS) is 10.4. The van der Waals surface area contributed by atoms with Gasteiger partial charge in [0, 0.05) is 6.07 Å². The Morgan fingerprint density at radius 3 is 2.06 bits per heavy atom. The largest absolute Gasteiger partial charge is 0.457 e. The first-order valence-corrected chi connectivity index (χ1v) is 5.26. The van der Waals surface area contributed by atoms with E-state index in [1.54, 1.807) is 6.07 Å². The van der Waals surface area contributed by atoms with Crippen molar-refractivity contribution in [3.63, 3.8) is 0 Å². The molecule has 2 aromatic carbocycles. The van der Waals surface area contributed by atoms with Gasteiger partial charge in [0.1, 0.15) is 11.5 Å². The molecule has 2 aromatic rings. The van der Waals surface area contributed by atoms with Crippen molar-refractivity contribution in [1.29, 1.82) is 0 Å². The van der Waals surface area contributed by atoms with E-state index >= 15 is 0 Å². The summed E-state index contributed by atoms with van der Waals surface area (Å²) < 4.78 is 31.1. The van der Waals surface area contributed by atoms with Crippen molar-refractivity contribution in [1.82, 2.24) is 0 Å². The average Bonchev–Trinajstić information content (AvgIpc) is 2.29. The number of hydrogen-bond acceptors (Lipinski definition) is 1. The number of ether oxygens (including phenoxy) is 1. The topological polar surface area (TPSA) is 9.23 Å². The number of benzene rings is 2. The molecule has 2 rings (SSSR count). The van der Waals surface area contributed by atoms with Gasteiger partial charge in [0.15, 0.2) is 11.6 Å². The lowest BCUT2D eigenvalue weighted by Crippen LogP contribution is -1.89. The van der Waals surface area contributed by atoms with Crippen LogP contribution in [0.5, 0.6) is 11.5 Å². The minimum absolute atomic E-state index is 0.284. The molecule has 1 nitrogen and oxygen atoms in total. The number of rotatable bonds is 2. The molecule has 0 bridgehead atoms. The maximum atomic E-state index is 13.0. The highest BCUT2D eigenvalue weighted by Gasteiger charge is 2.04. The van der Waals surface area contributed by atoms with Gasteiger partial charge in [-0.25, -0.2) is 8.78 Å². The van der Waals surface area contributed by atoms with Crippen LogP contribution in [0, 0.1) is 25.5 Å². The van der Waals surface area contributed by atoms with Gasteiger partial charge >= 0.3 is 0 Å². The van der Waals surface area contributed by atoms with Gasteiger partial charge in [-0.2, -0.15) is 0 Å². The fourth-order valence-corrected chi connectivity index (χ4v) is 1.45. The number of halogens is 2. The lowest BCUT2D eigenvalue weighted by atomic mass is 10.1. The summed E-state index contributed by atoms with van der Waals surface area (Å²) in [6.07, 6.45) is 0. The molecule has 0 N–H and O–H groups in total. The van der Waals surface area contributed by atoms with E-state index in [1.165, 1.54) is 6.07 Å². The molecule has 0 atom stereocenters. The van der Waals surface area contributed by atoms with Gasteiger partial charge in [-0.1, -0.05) is 6.07 Å². The molecule has 0 aliphatic carbocycles. The van der Waals surface area contributed by atoms with Crippen molar-refractivity contribution < 1.29 is 13.5 Å². The van der Waals surface area contributed by atoms with Crippen LogP contribution in [0.15, 0.2) is 36.4 Å². The smallest absolute Gasteiger partial charge is 0.162 e. The lowest BCUT2D eigenvalue weighted by Gasteiger charge is -2.08. The Bertz CT molecular complexity index is 500. The minimum Gasteiger partial charge on any atom is -0.457 e. The Balaban J connectivity index is 2.25. The van der Waals surface area contributed by atoms with Gasteiger partial charge in [0.05, 0.1) is 0 Å². The van der Waals surface area contributed by atoms with Gasteiger partial charge in [-0.05, 0) is 49.2 Å². The van der Waals surface area contributed by atoms with Crippen LogP contribution in [0.2, 0.25) is 0 Å². The second-order valence-electron chi connectivity index (χ2n) is 3.92. The van der Waals surface area contributed by atoms with Crippen LogP contribution in [0.25, 0.3) is 0 Å². The summed E-state index contributed by atoms with van der Waals surface area (Å²) in [5, 5.41) is 0. The molecule has 0 heterocycles. The number of hydrogen-bond donors (Lipinski definition) is 0. The Hall–Kier alpha value is -1.90. The summed E-state index contributed by atoms with van der Waals surface area (Å²) in [5.41, 5.74) is 2.24. The van der Waals surface area contributed by atoms with Crippen LogP contribution in [0.4, 0.5) is 8.78 Å². The van der Waals surface area contributed by atoms with Gasteiger partial charge in [-0.15, -0.1) is 0 Å². The third-order valence-corrected chi connectivity index (χ3v) is 2.61. The van der Waals surface area contributed by atoms with Crippen LogP contribution >= 0.6 is 0 Å². The molecule has 0 aromatic heterocycles. The van der Waals surface area contributed by atoms with E-state index in [0.717, 1.165) is 23.3 Å². The molecule has 88 valence electrons. The molecule has 0 spiro atoms. The van der Waals surface area contributed by atoms with Crippen molar-refractivity contribution in [3.8, 4) is 11.5 Å². The van der Waals surface area contributed by atoms with E-state index in [9.17, 15) is 8.78 Å². The molecule has 0 unspecified atom stereocenters. The second kappa shape index (κ2) is 4.53. The Morgan fingerprint density at radius 2 is 1.41 bits per heavy atom. The molecule has 0 aliphatic rings. The van der Waals surface area contributed by atoms with Crippen molar-refractivity contribution in [3.05, 3.63) is 59.2 Å². The van der Waals surface area contributed by atoms with Crippen LogP contribution < -0.4 is 4.74 Å². The highest BCUT2D eigenvalue weighted by Crippen LogP contribution is 2.24. The van der Waals surface area contributed by atoms with E-state index in [4.69, 9.17) is 4.74 Å². The summed E-state index contributed by atoms with van der Waals surface area (Å²) in [6.45, 7) is 3.96. The predicted octanol–water partition coefficient (Wildman–Crippen LogP) is 4.37. The summed E-state index contributed by atoms with van der Waals surface area (Å²) in [4.78, 5) is 0. The van der Waals surface area contributed by atoms with Gasteiger partial charge < -0.3 is 4.74 Å². The van der Waals surface area contributed by atoms with E-state index in [-0.39, 0.29) is 5.75 Å². The highest BCUT2D eigenvalue weighted by atomic mass is 19.2. The molecule has 17 heavy (non-hydrogen) atoms. The van der Waals surface area contributed by atoms with Gasteiger partial charge in [0.25, 0.3) is 0 Å². The SMILES string of the molecule is Cc1ccc(Oc2ccc(F)c(F)c2)cc1C. The van der Waals surface area contributed by atoms with Crippen LogP contribution in [-0.4, -0.2) is 0 Å². The van der Waals surface area contributed by atoms with Crippen molar-refractivity contribution in [2.75, 3.05) is 0 Å². The minimum atomic E-state index is -0.911. The second-order valence-corrected chi connectivity index (χ2v) is 3.92. The van der Waals surface area contributed by atoms with E-state index in [0.29, 0.717) is 5.75 Å². The Morgan fingerprint density at radius 1 is 0.765 bits per heavy atom. The molecule has 0 fully saturated rings. The molecular weight excluding hydrogens is 222 g/mol. The van der Waals surface area contributed by atoms with Gasteiger partial charge in [0.2, 0.25) is 0 Å². The van der Waals surface area contributed by atoms with E-state index in [1.807, 2.05) is 26.0 Å². The lowest BCUT2D eigenvalue weighted by molar-refractivity contribution is 0.461. The third-order valence-electron chi connectivity index (χ3n) is 2.61. The summed E-state index contributed by atoms with van der Waals surface area (Å²) in [5.74, 6) is -0.893. The van der Waals surface area contributed by atoms with Crippen molar-refractivity contribution in [2.45, 2.75) is 13.8 Å². The maximum Gasteiger partial charge on any atom is 0.162 e. The highest BCUT2D eigenvalue weighted by molar-refractivity contribution is 5.37. The monoisotopic (exact) mass is 234 g/mol. The van der Waals surface area contributed by atoms with E-state index in [2.05, 4.69) is 0 Å². The van der Waals surface area contributed by atoms with Crippen LogP contribution in [-0.2, 0) is 0 Å². The van der Waals surface area contributed by atoms with E-state index < -0.39 is 11.6 Å². The standard InChI is InChI=1S/C14H12F2O/c1-9-3-4-11(7-10(9)2)17-12-5-6-13(15)14(16)8-12/h3-8H,1-2H3. The molecule has 0 amide bonds. The van der Waals surface area contributed by atoms with Gasteiger partial charge in [-0.3, -0.25) is 0 Å². The third kappa shape index (κ3) is 2.61. The van der Waals surface area contributed by atoms with Crippen LogP contribution in [0.1, 0.15) is 11.1 Å². The summed E-state index contributed by atoms with van der Waals surface area (Å²) in [6, 6.07) is 9.05. The first-order chi connectivity index (χ1) is 8.06. The average molecular weight is 234 g/mol. The molecule has 0 aliphatic heterocycles. The predicted molar refractivity (Wildman–Crippen MR) is 62.3 cm³/mol. The Kier molecular flexibility index (Phi) is 3.09. The summed E-state index contributed by atoms with van der Waals surface area (Å²) in [7, 11) is 0. The zero-order valence-corrected chi connectivity index (χ0v) is 9.63. The quantitative estimate of drug-likeness (QED) is 0.749. The van der Waals surface area contributed by atoms with Crippen LogP contribution in [0.3, 0.4) is 0 Å². The fourth-order valence-electron chi connectivity index (χ4n) is 1.45. The first-order valence-electron chi connectivity index (χ1n) is 5.26. The van der Waals surface area contributed by atoms with Crippen molar-refractivity contribution >= 4 is 0 Å². The molecule has 0 radical (unpaired) electrons. The zero-order chi connectivity index (χ0) is 12.4. The van der Waals surface area contributed by atoms with Crippen molar-refractivity contribution in [2.24, 2.45) is 0 Å². The molecule has 3 heteroatoms. The Labute approximate surface area is 98.7 Å². The first kappa shape index (κ1) is 11.6. The molecular formula is C14H12F2O. The summed E-state index contributed by atoms with van der Waals surface area (Å²) >= 11 is 0. The zero-order valence-electron chi connectivity index (χ0n) is 9.63. The number of aryl methyl sites for hydroxylation is 2. The maximum absolute atomic E-state index is 13.0. The molecule has 0 saturated carbocycles. The fraction of sp³-hybridized carbons (Fsp3) is 0.143. The molecule has 0 saturated heterocycles.